The lowest BCUT2D eigenvalue weighted by molar-refractivity contribution is 0.628. The predicted octanol–water partition coefficient (Wildman–Crippen LogP) is 3.01. The Hall–Kier alpha value is -1.68. The number of anilines is 2. The molecule has 0 spiro atoms. The lowest BCUT2D eigenvalue weighted by Crippen LogP contribution is -1.94. The summed E-state index contributed by atoms with van der Waals surface area (Å²) in [6.07, 6.45) is 2.94. The highest BCUT2D eigenvalue weighted by atomic mass is 35.5. The molecule has 1 N–H and O–H groups in total. The van der Waals surface area contributed by atoms with Crippen LogP contribution in [-0.2, 0) is 0 Å². The van der Waals surface area contributed by atoms with Crippen LogP contribution in [0.2, 0.25) is 5.15 Å². The lowest BCUT2D eigenvalue weighted by Gasteiger charge is -2.04. The second-order valence-electron chi connectivity index (χ2n) is 2.86. The Kier molecular flexibility index (Phi) is 2.78. The van der Waals surface area contributed by atoms with Gasteiger partial charge in [0.25, 0.3) is 0 Å². The highest BCUT2D eigenvalue weighted by Crippen LogP contribution is 2.14. The third-order valence-electron chi connectivity index (χ3n) is 1.74. The van der Waals surface area contributed by atoms with E-state index in [0.29, 0.717) is 11.0 Å². The van der Waals surface area contributed by atoms with Gasteiger partial charge >= 0.3 is 0 Å². The largest absolute Gasteiger partial charge is 0.339 e. The van der Waals surface area contributed by atoms with E-state index >= 15 is 0 Å². The molecule has 0 unspecified atom stereocenters. The van der Waals surface area contributed by atoms with Crippen molar-refractivity contribution in [1.29, 1.82) is 0 Å². The Morgan fingerprint density at radius 1 is 1.07 bits per heavy atom. The normalized spacial score (nSPS) is 10.0. The summed E-state index contributed by atoms with van der Waals surface area (Å²) in [6, 6.07) is 5.97. The summed E-state index contributed by atoms with van der Waals surface area (Å²) >= 11 is 5.58. The van der Waals surface area contributed by atoms with Crippen LogP contribution in [0.1, 0.15) is 0 Å². The fourth-order valence-electron chi connectivity index (χ4n) is 1.06. The smallest absolute Gasteiger partial charge is 0.148 e. The van der Waals surface area contributed by atoms with E-state index in [1.54, 1.807) is 12.1 Å². The van der Waals surface area contributed by atoms with Crippen molar-refractivity contribution in [3.05, 3.63) is 47.6 Å². The molecule has 0 saturated heterocycles. The standard InChI is InChI=1S/C10H7ClFN3/c11-9-5-14-10(6-13-9)15-8-3-1-7(12)2-4-8/h1-6H,(H,14,15). The second-order valence-corrected chi connectivity index (χ2v) is 3.24. The first-order chi connectivity index (χ1) is 7.24. The van der Waals surface area contributed by atoms with E-state index in [-0.39, 0.29) is 5.82 Å². The summed E-state index contributed by atoms with van der Waals surface area (Å²) in [5.74, 6) is 0.286. The maximum absolute atomic E-state index is 12.6. The van der Waals surface area contributed by atoms with Crippen LogP contribution in [0.15, 0.2) is 36.7 Å². The van der Waals surface area contributed by atoms with Gasteiger partial charge in [0.1, 0.15) is 16.8 Å². The topological polar surface area (TPSA) is 37.8 Å². The molecule has 76 valence electrons. The Morgan fingerprint density at radius 3 is 2.40 bits per heavy atom. The molecule has 0 radical (unpaired) electrons. The minimum atomic E-state index is -0.275. The molecule has 1 aromatic heterocycles. The fraction of sp³-hybridized carbons (Fsp3) is 0. The third kappa shape index (κ3) is 2.63. The molecular formula is C10H7ClFN3. The molecule has 0 bridgehead atoms. The third-order valence-corrected chi connectivity index (χ3v) is 1.93. The van der Waals surface area contributed by atoms with Crippen LogP contribution in [0, 0.1) is 5.82 Å². The zero-order valence-electron chi connectivity index (χ0n) is 7.61. The van der Waals surface area contributed by atoms with Crippen molar-refractivity contribution in [3.8, 4) is 0 Å². The zero-order valence-corrected chi connectivity index (χ0v) is 8.37. The van der Waals surface area contributed by atoms with Crippen LogP contribution in [0.5, 0.6) is 0 Å². The molecule has 2 rings (SSSR count). The molecule has 0 aliphatic carbocycles. The van der Waals surface area contributed by atoms with E-state index in [1.165, 1.54) is 24.5 Å². The minimum absolute atomic E-state index is 0.275. The van der Waals surface area contributed by atoms with Gasteiger partial charge in [-0.3, -0.25) is 0 Å². The predicted molar refractivity (Wildman–Crippen MR) is 56.7 cm³/mol. The molecule has 15 heavy (non-hydrogen) atoms. The van der Waals surface area contributed by atoms with Crippen molar-refractivity contribution in [2.24, 2.45) is 0 Å². The van der Waals surface area contributed by atoms with Gasteiger partial charge in [-0.1, -0.05) is 11.6 Å². The number of nitrogens with zero attached hydrogens (tertiary/aromatic N) is 2. The van der Waals surface area contributed by atoms with Gasteiger partial charge in [0, 0.05) is 5.69 Å². The number of halogens is 2. The van der Waals surface area contributed by atoms with E-state index in [1.807, 2.05) is 0 Å². The van der Waals surface area contributed by atoms with Gasteiger partial charge in [-0.25, -0.2) is 14.4 Å². The van der Waals surface area contributed by atoms with Gasteiger partial charge in [0.15, 0.2) is 0 Å². The van der Waals surface area contributed by atoms with E-state index in [4.69, 9.17) is 11.6 Å². The molecule has 1 heterocycles. The summed E-state index contributed by atoms with van der Waals surface area (Å²) in [5, 5.41) is 3.29. The van der Waals surface area contributed by atoms with Crippen LogP contribution in [0.25, 0.3) is 0 Å². The first-order valence-electron chi connectivity index (χ1n) is 4.24. The van der Waals surface area contributed by atoms with Crippen molar-refractivity contribution in [2.75, 3.05) is 5.32 Å². The Labute approximate surface area is 90.9 Å². The van der Waals surface area contributed by atoms with Gasteiger partial charge < -0.3 is 5.32 Å². The van der Waals surface area contributed by atoms with E-state index < -0.39 is 0 Å². The molecule has 0 fully saturated rings. The number of rotatable bonds is 2. The second kappa shape index (κ2) is 4.23. The molecule has 0 atom stereocenters. The quantitative estimate of drug-likeness (QED) is 0.851. The van der Waals surface area contributed by atoms with Crippen LogP contribution < -0.4 is 5.32 Å². The van der Waals surface area contributed by atoms with Crippen molar-refractivity contribution < 1.29 is 4.39 Å². The maximum atomic E-state index is 12.6. The monoisotopic (exact) mass is 223 g/mol. The average Bonchev–Trinajstić information content (AvgIpc) is 2.25. The number of aromatic nitrogens is 2. The number of benzene rings is 1. The number of nitrogens with one attached hydrogen (secondary N) is 1. The molecule has 2 aromatic rings. The van der Waals surface area contributed by atoms with Gasteiger partial charge in [-0.05, 0) is 24.3 Å². The molecule has 0 saturated carbocycles. The SMILES string of the molecule is Fc1ccc(Nc2cnc(Cl)cn2)cc1. The molecule has 3 nitrogen and oxygen atoms in total. The molecule has 0 aliphatic heterocycles. The average molecular weight is 224 g/mol. The van der Waals surface area contributed by atoms with Crippen molar-refractivity contribution in [2.45, 2.75) is 0 Å². The van der Waals surface area contributed by atoms with Crippen LogP contribution >= 0.6 is 11.6 Å². The highest BCUT2D eigenvalue weighted by molar-refractivity contribution is 6.29. The first-order valence-corrected chi connectivity index (χ1v) is 4.62. The highest BCUT2D eigenvalue weighted by Gasteiger charge is 1.97. The molecule has 5 heteroatoms. The molecular weight excluding hydrogens is 217 g/mol. The van der Waals surface area contributed by atoms with Crippen LogP contribution in [-0.4, -0.2) is 9.97 Å². The van der Waals surface area contributed by atoms with Crippen LogP contribution in [0.4, 0.5) is 15.9 Å². The Bertz CT molecular complexity index is 398. The van der Waals surface area contributed by atoms with Gasteiger partial charge in [-0.2, -0.15) is 0 Å². The summed E-state index contributed by atoms with van der Waals surface area (Å²) in [5.41, 5.74) is 0.744. The zero-order chi connectivity index (χ0) is 10.7. The number of hydrogen-bond donors (Lipinski definition) is 1. The minimum Gasteiger partial charge on any atom is -0.339 e. The Morgan fingerprint density at radius 2 is 1.80 bits per heavy atom. The summed E-state index contributed by atoms with van der Waals surface area (Å²) < 4.78 is 12.6. The summed E-state index contributed by atoms with van der Waals surface area (Å²) in [4.78, 5) is 7.86. The molecule has 1 aromatic carbocycles. The van der Waals surface area contributed by atoms with E-state index in [9.17, 15) is 4.39 Å². The van der Waals surface area contributed by atoms with Crippen molar-refractivity contribution in [3.63, 3.8) is 0 Å². The van der Waals surface area contributed by atoms with Gasteiger partial charge in [0.2, 0.25) is 0 Å². The maximum Gasteiger partial charge on any atom is 0.148 e. The fourth-order valence-corrected chi connectivity index (χ4v) is 1.16. The lowest BCUT2D eigenvalue weighted by atomic mass is 10.3. The van der Waals surface area contributed by atoms with Crippen molar-refractivity contribution in [1.82, 2.24) is 9.97 Å². The van der Waals surface area contributed by atoms with Gasteiger partial charge in [-0.15, -0.1) is 0 Å². The summed E-state index contributed by atoms with van der Waals surface area (Å²) in [6.45, 7) is 0. The first kappa shape index (κ1) is 9.86. The summed E-state index contributed by atoms with van der Waals surface area (Å²) in [7, 11) is 0. The van der Waals surface area contributed by atoms with Crippen LogP contribution in [0.3, 0.4) is 0 Å². The van der Waals surface area contributed by atoms with E-state index in [0.717, 1.165) is 5.69 Å². The van der Waals surface area contributed by atoms with Crippen molar-refractivity contribution >= 4 is 23.1 Å². The Balaban J connectivity index is 2.15. The van der Waals surface area contributed by atoms with E-state index in [2.05, 4.69) is 15.3 Å². The number of hydrogen-bond acceptors (Lipinski definition) is 3. The molecule has 0 amide bonds. The van der Waals surface area contributed by atoms with Gasteiger partial charge in [0.05, 0.1) is 12.4 Å². The molecule has 0 aliphatic rings.